The van der Waals surface area contributed by atoms with E-state index in [1.165, 1.54) is 0 Å². The van der Waals surface area contributed by atoms with E-state index in [1.54, 1.807) is 0 Å². The molecule has 4 aromatic rings. The van der Waals surface area contributed by atoms with Crippen LogP contribution in [0.4, 0.5) is 0 Å². The van der Waals surface area contributed by atoms with Crippen molar-refractivity contribution in [3.8, 4) is 22.3 Å². The fourth-order valence-corrected chi connectivity index (χ4v) is 3.43. The molecule has 0 aromatic heterocycles. The number of hydrogen-bond donors (Lipinski definition) is 2. The van der Waals surface area contributed by atoms with Gasteiger partial charge in [-0.3, -0.25) is 0 Å². The highest BCUT2D eigenvalue weighted by Gasteiger charge is 2.21. The zero-order valence-corrected chi connectivity index (χ0v) is 15.4. The van der Waals surface area contributed by atoms with E-state index >= 15 is 0 Å². The van der Waals surface area contributed by atoms with Crippen molar-refractivity contribution < 1.29 is 10.2 Å². The van der Waals surface area contributed by atoms with Gasteiger partial charge in [-0.15, -0.1) is 0 Å². The summed E-state index contributed by atoms with van der Waals surface area (Å²) in [7, 11) is 0. The minimum absolute atomic E-state index is 0.693. The van der Waals surface area contributed by atoms with E-state index in [0.29, 0.717) is 11.1 Å². The molecule has 138 valence electrons. The van der Waals surface area contributed by atoms with E-state index in [2.05, 4.69) is 0 Å². The highest BCUT2D eigenvalue weighted by atomic mass is 16.3. The average molecular weight is 366 g/mol. The van der Waals surface area contributed by atoms with Crippen LogP contribution in [0.2, 0.25) is 0 Å². The van der Waals surface area contributed by atoms with Gasteiger partial charge in [0.15, 0.2) is 0 Å². The van der Waals surface area contributed by atoms with E-state index in [9.17, 15) is 10.2 Å². The Morgan fingerprint density at radius 1 is 0.393 bits per heavy atom. The van der Waals surface area contributed by atoms with Crippen molar-refractivity contribution in [1.82, 2.24) is 0 Å². The average Bonchev–Trinajstić information content (AvgIpc) is 2.79. The van der Waals surface area contributed by atoms with Crippen LogP contribution >= 0.6 is 0 Å². The first-order chi connectivity index (χ1) is 13.7. The minimum atomic E-state index is -1.00. The number of aliphatic hydroxyl groups is 2. The molecule has 4 rings (SSSR count). The third kappa shape index (κ3) is 3.89. The monoisotopic (exact) mass is 366 g/mol. The first-order valence-corrected chi connectivity index (χ1v) is 9.39. The van der Waals surface area contributed by atoms with Crippen LogP contribution < -0.4 is 0 Å². The molecule has 2 N–H and O–H groups in total. The van der Waals surface area contributed by atoms with Gasteiger partial charge in [-0.25, -0.2) is 0 Å². The Morgan fingerprint density at radius 3 is 1.14 bits per heavy atom. The number of aliphatic hydroxyl groups excluding tert-OH is 2. The summed E-state index contributed by atoms with van der Waals surface area (Å²) in [5.74, 6) is 0. The van der Waals surface area contributed by atoms with Crippen LogP contribution in [0.3, 0.4) is 0 Å². The molecule has 0 radical (unpaired) electrons. The molecule has 2 nitrogen and oxygen atoms in total. The minimum Gasteiger partial charge on any atom is -0.385 e. The first-order valence-electron chi connectivity index (χ1n) is 9.39. The van der Waals surface area contributed by atoms with Gasteiger partial charge in [-0.05, 0) is 45.5 Å². The predicted octanol–water partition coefficient (Wildman–Crippen LogP) is 5.79. The molecule has 0 spiro atoms. The molecule has 2 atom stereocenters. The Hall–Kier alpha value is -3.20. The summed E-state index contributed by atoms with van der Waals surface area (Å²) in [6.45, 7) is 0. The summed E-state index contributed by atoms with van der Waals surface area (Å²) in [5.41, 5.74) is 5.58. The van der Waals surface area contributed by atoms with Crippen molar-refractivity contribution in [2.45, 2.75) is 12.2 Å². The van der Waals surface area contributed by atoms with Crippen LogP contribution in [-0.4, -0.2) is 10.2 Å². The summed E-state index contributed by atoms with van der Waals surface area (Å²) in [6.07, 6.45) is -2.01. The van der Waals surface area contributed by atoms with Gasteiger partial charge in [0, 0.05) is 0 Å². The summed E-state index contributed by atoms with van der Waals surface area (Å²) in [6, 6.07) is 35.4. The summed E-state index contributed by atoms with van der Waals surface area (Å²) >= 11 is 0. The quantitative estimate of drug-likeness (QED) is 0.469. The van der Waals surface area contributed by atoms with Gasteiger partial charge >= 0.3 is 0 Å². The number of rotatable bonds is 5. The van der Waals surface area contributed by atoms with E-state index < -0.39 is 12.2 Å². The Labute approximate surface area is 165 Å². The van der Waals surface area contributed by atoms with Crippen molar-refractivity contribution >= 4 is 0 Å². The molecule has 0 aliphatic rings. The first kappa shape index (κ1) is 18.2. The van der Waals surface area contributed by atoms with E-state index in [1.807, 2.05) is 109 Å². The Balaban J connectivity index is 1.61. The van der Waals surface area contributed by atoms with Crippen LogP contribution in [-0.2, 0) is 0 Å². The molecule has 0 saturated heterocycles. The molecular weight excluding hydrogens is 344 g/mol. The van der Waals surface area contributed by atoms with E-state index in [4.69, 9.17) is 0 Å². The van der Waals surface area contributed by atoms with Crippen molar-refractivity contribution in [3.63, 3.8) is 0 Å². The topological polar surface area (TPSA) is 40.5 Å². The normalized spacial score (nSPS) is 13.1. The maximum absolute atomic E-state index is 10.8. The third-order valence-corrected chi connectivity index (χ3v) is 4.97. The zero-order valence-electron chi connectivity index (χ0n) is 15.4. The second-order valence-electron chi connectivity index (χ2n) is 6.87. The lowest BCUT2D eigenvalue weighted by Gasteiger charge is -2.20. The van der Waals surface area contributed by atoms with Gasteiger partial charge in [0.1, 0.15) is 12.2 Å². The Morgan fingerprint density at radius 2 is 0.750 bits per heavy atom. The largest absolute Gasteiger partial charge is 0.385 e. The van der Waals surface area contributed by atoms with Gasteiger partial charge in [-0.2, -0.15) is 0 Å². The maximum Gasteiger partial charge on any atom is 0.109 e. The highest BCUT2D eigenvalue weighted by molar-refractivity contribution is 5.65. The number of benzene rings is 4. The molecule has 2 heteroatoms. The van der Waals surface area contributed by atoms with Crippen LogP contribution in [0.5, 0.6) is 0 Å². The van der Waals surface area contributed by atoms with E-state index in [-0.39, 0.29) is 0 Å². The molecule has 0 fully saturated rings. The van der Waals surface area contributed by atoms with Crippen molar-refractivity contribution in [2.24, 2.45) is 0 Å². The SMILES string of the molecule is OC(c1cccc(-c2ccccc2)c1)C(O)c1cccc(-c2ccccc2)c1. The Kier molecular flexibility index (Phi) is 5.34. The summed E-state index contributed by atoms with van der Waals surface area (Å²) < 4.78 is 0. The lowest BCUT2D eigenvalue weighted by molar-refractivity contribution is 0.0173. The van der Waals surface area contributed by atoms with Crippen LogP contribution in [0.25, 0.3) is 22.3 Å². The van der Waals surface area contributed by atoms with E-state index in [0.717, 1.165) is 22.3 Å². The van der Waals surface area contributed by atoms with Gasteiger partial charge in [0.2, 0.25) is 0 Å². The van der Waals surface area contributed by atoms with Gasteiger partial charge in [0.05, 0.1) is 0 Å². The van der Waals surface area contributed by atoms with Gasteiger partial charge in [-0.1, -0.05) is 97.1 Å². The lowest BCUT2D eigenvalue weighted by atomic mass is 9.93. The molecule has 0 bridgehead atoms. The molecule has 2 unspecified atom stereocenters. The summed E-state index contributed by atoms with van der Waals surface area (Å²) in [4.78, 5) is 0. The second kappa shape index (κ2) is 8.22. The fourth-order valence-electron chi connectivity index (χ4n) is 3.43. The number of hydrogen-bond acceptors (Lipinski definition) is 2. The standard InChI is InChI=1S/C26H22O2/c27-25(23-15-7-13-21(17-23)19-9-3-1-4-10-19)26(28)24-16-8-14-22(18-24)20-11-5-2-6-12-20/h1-18,25-28H. The molecular formula is C26H22O2. The summed E-state index contributed by atoms with van der Waals surface area (Å²) in [5, 5.41) is 21.7. The molecule has 0 heterocycles. The van der Waals surface area contributed by atoms with Gasteiger partial charge in [0.25, 0.3) is 0 Å². The molecule has 0 aliphatic carbocycles. The third-order valence-electron chi connectivity index (χ3n) is 4.97. The smallest absolute Gasteiger partial charge is 0.109 e. The fraction of sp³-hybridized carbons (Fsp3) is 0.0769. The molecule has 0 saturated carbocycles. The van der Waals surface area contributed by atoms with Crippen LogP contribution in [0, 0.1) is 0 Å². The Bertz CT molecular complexity index is 955. The van der Waals surface area contributed by atoms with Crippen molar-refractivity contribution in [2.75, 3.05) is 0 Å². The molecule has 0 aliphatic heterocycles. The van der Waals surface area contributed by atoms with Crippen LogP contribution in [0.15, 0.2) is 109 Å². The van der Waals surface area contributed by atoms with Crippen molar-refractivity contribution in [1.29, 1.82) is 0 Å². The zero-order chi connectivity index (χ0) is 19.3. The lowest BCUT2D eigenvalue weighted by Crippen LogP contribution is -2.10. The maximum atomic E-state index is 10.8. The molecule has 0 amide bonds. The second-order valence-corrected chi connectivity index (χ2v) is 6.87. The molecule has 28 heavy (non-hydrogen) atoms. The predicted molar refractivity (Wildman–Crippen MR) is 114 cm³/mol. The van der Waals surface area contributed by atoms with Crippen LogP contribution in [0.1, 0.15) is 23.3 Å². The van der Waals surface area contributed by atoms with Gasteiger partial charge < -0.3 is 10.2 Å². The van der Waals surface area contributed by atoms with Crippen molar-refractivity contribution in [3.05, 3.63) is 120 Å². The highest BCUT2D eigenvalue weighted by Crippen LogP contribution is 2.33. The molecule has 4 aromatic carbocycles.